The van der Waals surface area contributed by atoms with Crippen LogP contribution in [0.2, 0.25) is 0 Å². The minimum Gasteiger partial charge on any atom is -0.504 e. The first-order chi connectivity index (χ1) is 16.3. The van der Waals surface area contributed by atoms with E-state index < -0.39 is 5.41 Å². The molecule has 192 valence electrons. The van der Waals surface area contributed by atoms with E-state index in [2.05, 4.69) is 55.7 Å². The lowest BCUT2D eigenvalue weighted by molar-refractivity contribution is -0.154. The van der Waals surface area contributed by atoms with Crippen LogP contribution in [0.3, 0.4) is 0 Å². The van der Waals surface area contributed by atoms with Crippen LogP contribution in [-0.2, 0) is 27.9 Å². The van der Waals surface area contributed by atoms with Crippen LogP contribution < -0.4 is 15.4 Å². The van der Waals surface area contributed by atoms with Crippen molar-refractivity contribution in [1.29, 1.82) is 0 Å². The number of nitrogens with one attached hydrogen (secondary N) is 2. The van der Waals surface area contributed by atoms with E-state index in [0.717, 1.165) is 12.0 Å². The van der Waals surface area contributed by atoms with Crippen molar-refractivity contribution in [1.82, 2.24) is 10.6 Å². The number of phenols is 1. The molecule has 0 aliphatic carbocycles. The third-order valence-electron chi connectivity index (χ3n) is 5.66. The van der Waals surface area contributed by atoms with Crippen molar-refractivity contribution in [2.75, 3.05) is 20.3 Å². The van der Waals surface area contributed by atoms with E-state index in [0.29, 0.717) is 30.6 Å². The number of phenolic OH excluding ortho intramolecular Hbond substituents is 1. The molecule has 0 unspecified atom stereocenters. The van der Waals surface area contributed by atoms with Gasteiger partial charge in [-0.05, 0) is 73.6 Å². The lowest BCUT2D eigenvalue weighted by atomic mass is 9.86. The molecule has 1 atom stereocenters. The molecule has 0 saturated carbocycles. The molecule has 0 spiro atoms. The minimum atomic E-state index is -0.547. The summed E-state index contributed by atoms with van der Waals surface area (Å²) in [5.74, 6) is 0.351. The van der Waals surface area contributed by atoms with E-state index in [1.807, 2.05) is 26.8 Å². The normalized spacial score (nSPS) is 12.5. The number of carbonyl (C=O) groups excluding carboxylic acids is 1. The largest absolute Gasteiger partial charge is 0.504 e. The topological polar surface area (TPSA) is 79.8 Å². The van der Waals surface area contributed by atoms with Gasteiger partial charge in [0.1, 0.15) is 0 Å². The summed E-state index contributed by atoms with van der Waals surface area (Å²) < 4.78 is 10.8. The van der Waals surface area contributed by atoms with Gasteiger partial charge in [-0.3, -0.25) is 4.79 Å². The third-order valence-corrected chi connectivity index (χ3v) is 5.94. The van der Waals surface area contributed by atoms with Crippen LogP contribution in [0, 0.1) is 11.3 Å². The van der Waals surface area contributed by atoms with Crippen molar-refractivity contribution in [2.45, 2.75) is 59.9 Å². The van der Waals surface area contributed by atoms with E-state index in [9.17, 15) is 9.90 Å². The Kier molecular flexibility index (Phi) is 9.95. The highest BCUT2D eigenvalue weighted by atomic mass is 32.1. The van der Waals surface area contributed by atoms with Crippen LogP contribution >= 0.6 is 12.2 Å². The summed E-state index contributed by atoms with van der Waals surface area (Å²) in [6, 6.07) is 13.8. The fourth-order valence-corrected chi connectivity index (χ4v) is 3.54. The van der Waals surface area contributed by atoms with Crippen molar-refractivity contribution in [3.05, 3.63) is 59.2 Å². The molecule has 0 bridgehead atoms. The molecule has 0 radical (unpaired) electrons. The van der Waals surface area contributed by atoms with Gasteiger partial charge in [-0.15, -0.1) is 0 Å². The van der Waals surface area contributed by atoms with Gasteiger partial charge in [0.2, 0.25) is 0 Å². The lowest BCUT2D eigenvalue weighted by Crippen LogP contribution is -2.39. The maximum absolute atomic E-state index is 12.3. The number of esters is 1. The second kappa shape index (κ2) is 12.2. The SMILES string of the molecule is COc1cc(CNC(=S)NC[C@@H](COC(=O)C(C)(C)C)Cc2ccc(C(C)(C)C)cc2)ccc1O. The molecule has 0 aliphatic rings. The Balaban J connectivity index is 1.99. The van der Waals surface area contributed by atoms with E-state index in [4.69, 9.17) is 21.7 Å². The molecule has 2 rings (SSSR count). The maximum Gasteiger partial charge on any atom is 0.311 e. The fourth-order valence-electron chi connectivity index (χ4n) is 3.39. The second-order valence-electron chi connectivity index (χ2n) is 10.9. The number of thiocarbonyl (C=S) groups is 1. The van der Waals surface area contributed by atoms with Crippen LogP contribution in [0.15, 0.2) is 42.5 Å². The summed E-state index contributed by atoms with van der Waals surface area (Å²) in [7, 11) is 1.52. The number of rotatable bonds is 9. The Bertz CT molecular complexity index is 991. The first kappa shape index (κ1) is 28.4. The van der Waals surface area contributed by atoms with E-state index in [1.54, 1.807) is 12.1 Å². The Morgan fingerprint density at radius 1 is 1.00 bits per heavy atom. The second-order valence-corrected chi connectivity index (χ2v) is 11.3. The highest BCUT2D eigenvalue weighted by Crippen LogP contribution is 2.26. The van der Waals surface area contributed by atoms with Crippen LogP contribution in [0.25, 0.3) is 0 Å². The van der Waals surface area contributed by atoms with E-state index in [-0.39, 0.29) is 23.1 Å². The molecular weight excluding hydrogens is 460 g/mol. The van der Waals surface area contributed by atoms with Crippen LogP contribution in [0.5, 0.6) is 11.5 Å². The molecule has 35 heavy (non-hydrogen) atoms. The quantitative estimate of drug-likeness (QED) is 0.326. The van der Waals surface area contributed by atoms with Gasteiger partial charge < -0.3 is 25.2 Å². The first-order valence-electron chi connectivity index (χ1n) is 11.9. The molecule has 0 fully saturated rings. The summed E-state index contributed by atoms with van der Waals surface area (Å²) in [5, 5.41) is 16.7. The van der Waals surface area contributed by atoms with Crippen LogP contribution in [0.1, 0.15) is 58.2 Å². The van der Waals surface area contributed by atoms with E-state index >= 15 is 0 Å². The van der Waals surface area contributed by atoms with Gasteiger partial charge in [0.05, 0.1) is 19.1 Å². The van der Waals surface area contributed by atoms with Crippen LogP contribution in [-0.4, -0.2) is 36.4 Å². The summed E-state index contributed by atoms with van der Waals surface area (Å²) in [4.78, 5) is 12.3. The van der Waals surface area contributed by atoms with Crippen molar-refractivity contribution in [2.24, 2.45) is 11.3 Å². The smallest absolute Gasteiger partial charge is 0.311 e. The van der Waals surface area contributed by atoms with Crippen molar-refractivity contribution < 1.29 is 19.4 Å². The van der Waals surface area contributed by atoms with E-state index in [1.165, 1.54) is 18.2 Å². The van der Waals surface area contributed by atoms with Crippen LogP contribution in [0.4, 0.5) is 0 Å². The van der Waals surface area contributed by atoms with Crippen molar-refractivity contribution in [3.8, 4) is 11.5 Å². The predicted molar refractivity (Wildman–Crippen MR) is 145 cm³/mol. The van der Waals surface area contributed by atoms with Gasteiger partial charge in [0, 0.05) is 19.0 Å². The predicted octanol–water partition coefficient (Wildman–Crippen LogP) is 5.11. The van der Waals surface area contributed by atoms with Gasteiger partial charge in [-0.25, -0.2) is 0 Å². The highest BCUT2D eigenvalue weighted by molar-refractivity contribution is 7.80. The zero-order valence-corrected chi connectivity index (χ0v) is 22.8. The van der Waals surface area contributed by atoms with Gasteiger partial charge >= 0.3 is 5.97 Å². The Labute approximate surface area is 215 Å². The molecule has 6 nitrogen and oxygen atoms in total. The van der Waals surface area contributed by atoms with Crippen molar-refractivity contribution >= 4 is 23.3 Å². The average molecular weight is 501 g/mol. The van der Waals surface area contributed by atoms with Gasteiger partial charge in [0.15, 0.2) is 16.6 Å². The molecule has 3 N–H and O–H groups in total. The zero-order valence-electron chi connectivity index (χ0n) is 22.0. The Morgan fingerprint density at radius 2 is 1.63 bits per heavy atom. The molecule has 0 heterocycles. The van der Waals surface area contributed by atoms with Gasteiger partial charge in [-0.1, -0.05) is 51.1 Å². The van der Waals surface area contributed by atoms with Crippen molar-refractivity contribution in [3.63, 3.8) is 0 Å². The molecule has 0 aliphatic heterocycles. The number of benzene rings is 2. The molecule has 0 saturated heterocycles. The number of carbonyl (C=O) groups is 1. The fraction of sp³-hybridized carbons (Fsp3) is 0.500. The summed E-state index contributed by atoms with van der Waals surface area (Å²) in [6.07, 6.45) is 0.757. The minimum absolute atomic E-state index is 0.0512. The number of hydrogen-bond donors (Lipinski definition) is 3. The number of ether oxygens (including phenoxy) is 2. The lowest BCUT2D eigenvalue weighted by Gasteiger charge is -2.23. The summed E-state index contributed by atoms with van der Waals surface area (Å²) in [5.41, 5.74) is 2.95. The first-order valence-corrected chi connectivity index (χ1v) is 12.3. The average Bonchev–Trinajstić information content (AvgIpc) is 2.79. The molecule has 2 aromatic rings. The zero-order chi connectivity index (χ0) is 26.2. The number of hydrogen-bond acceptors (Lipinski definition) is 5. The molecule has 2 aromatic carbocycles. The molecule has 7 heteroatoms. The summed E-state index contributed by atoms with van der Waals surface area (Å²) >= 11 is 5.47. The molecular formula is C28H40N2O4S. The Hall–Kier alpha value is -2.80. The monoisotopic (exact) mass is 500 g/mol. The highest BCUT2D eigenvalue weighted by Gasteiger charge is 2.24. The van der Waals surface area contributed by atoms with Gasteiger partial charge in [-0.2, -0.15) is 0 Å². The Morgan fingerprint density at radius 3 is 2.20 bits per heavy atom. The molecule has 0 aromatic heterocycles. The molecule has 0 amide bonds. The maximum atomic E-state index is 12.3. The number of aromatic hydroxyl groups is 1. The standard InChI is InChI=1S/C28H40N2O4S/c1-27(2,3)22-11-8-19(9-12-22)14-21(18-34-25(32)28(4,5)6)17-30-26(35)29-16-20-10-13-23(31)24(15-20)33-7/h8-13,15,21,31H,14,16-18H2,1-7H3,(H2,29,30,35)/t21-/m0/s1. The van der Waals surface area contributed by atoms with Gasteiger partial charge in [0.25, 0.3) is 0 Å². The summed E-state index contributed by atoms with van der Waals surface area (Å²) in [6.45, 7) is 13.5. The number of methoxy groups -OCH3 is 1. The third kappa shape index (κ3) is 9.40.